The molecule has 1 aromatic carbocycles. The van der Waals surface area contributed by atoms with E-state index in [0.717, 1.165) is 21.7 Å². The first kappa shape index (κ1) is 10.2. The van der Waals surface area contributed by atoms with E-state index in [1.54, 1.807) is 6.07 Å². The van der Waals surface area contributed by atoms with Crippen LogP contribution in [0.15, 0.2) is 41.4 Å². The van der Waals surface area contributed by atoms with Crippen LogP contribution < -0.4 is 0 Å². The van der Waals surface area contributed by atoms with Gasteiger partial charge in [-0.1, -0.05) is 30.3 Å². The highest BCUT2D eigenvalue weighted by Crippen LogP contribution is 2.31. The molecule has 0 fully saturated rings. The Morgan fingerprint density at radius 1 is 1.29 bits per heavy atom. The molecular formula is C13H9NO2S. The third kappa shape index (κ3) is 1.66. The second kappa shape index (κ2) is 3.82. The predicted molar refractivity (Wildman–Crippen MR) is 67.1 cm³/mol. The van der Waals surface area contributed by atoms with Crippen LogP contribution in [0.1, 0.15) is 25.7 Å². The lowest BCUT2D eigenvalue weighted by Gasteiger charge is -1.99. The molecular weight excluding hydrogens is 234 g/mol. The highest BCUT2D eigenvalue weighted by atomic mass is 32.1. The highest BCUT2D eigenvalue weighted by molar-refractivity contribution is 7.16. The van der Waals surface area contributed by atoms with Crippen molar-refractivity contribution in [1.82, 2.24) is 0 Å². The van der Waals surface area contributed by atoms with Crippen molar-refractivity contribution < 1.29 is 9.90 Å². The fraction of sp³-hybridized carbons (Fsp3) is 0.0769. The Labute approximate surface area is 102 Å². The molecule has 0 saturated heterocycles. The van der Waals surface area contributed by atoms with E-state index >= 15 is 0 Å². The largest absolute Gasteiger partial charge is 0.477 e. The van der Waals surface area contributed by atoms with E-state index in [1.165, 1.54) is 11.3 Å². The fourth-order valence-corrected chi connectivity index (χ4v) is 2.95. The van der Waals surface area contributed by atoms with Gasteiger partial charge < -0.3 is 5.11 Å². The van der Waals surface area contributed by atoms with E-state index in [0.29, 0.717) is 11.4 Å². The molecule has 2 heterocycles. The summed E-state index contributed by atoms with van der Waals surface area (Å²) in [6.07, 6.45) is 0. The van der Waals surface area contributed by atoms with Gasteiger partial charge in [0.1, 0.15) is 4.88 Å². The molecule has 0 radical (unpaired) electrons. The van der Waals surface area contributed by atoms with E-state index in [4.69, 9.17) is 5.11 Å². The minimum Gasteiger partial charge on any atom is -0.477 e. The molecule has 0 saturated carbocycles. The number of aromatic carboxylic acids is 1. The van der Waals surface area contributed by atoms with Crippen LogP contribution in [0.5, 0.6) is 0 Å². The smallest absolute Gasteiger partial charge is 0.345 e. The molecule has 3 nitrogen and oxygen atoms in total. The number of aliphatic imine (C=N–C) groups is 1. The maximum atomic E-state index is 10.9. The molecule has 0 bridgehead atoms. The minimum absolute atomic E-state index is 0.387. The summed E-state index contributed by atoms with van der Waals surface area (Å²) in [5.74, 6) is -0.864. The van der Waals surface area contributed by atoms with Crippen molar-refractivity contribution in [2.45, 2.75) is 6.54 Å². The average molecular weight is 243 g/mol. The molecule has 0 atom stereocenters. The van der Waals surface area contributed by atoms with E-state index in [9.17, 15) is 4.79 Å². The van der Waals surface area contributed by atoms with Gasteiger partial charge in [0.25, 0.3) is 0 Å². The van der Waals surface area contributed by atoms with Gasteiger partial charge in [-0.3, -0.25) is 4.99 Å². The Kier molecular flexibility index (Phi) is 2.30. The molecule has 1 aliphatic rings. The number of rotatable bonds is 2. The van der Waals surface area contributed by atoms with Gasteiger partial charge in [0.15, 0.2) is 0 Å². The van der Waals surface area contributed by atoms with Gasteiger partial charge >= 0.3 is 5.97 Å². The van der Waals surface area contributed by atoms with Crippen molar-refractivity contribution in [2.75, 3.05) is 0 Å². The van der Waals surface area contributed by atoms with Gasteiger partial charge in [-0.2, -0.15) is 0 Å². The zero-order chi connectivity index (χ0) is 11.8. The molecule has 0 spiro atoms. The maximum Gasteiger partial charge on any atom is 0.345 e. The highest BCUT2D eigenvalue weighted by Gasteiger charge is 2.22. The second-order valence-electron chi connectivity index (χ2n) is 3.80. The first-order valence-corrected chi connectivity index (χ1v) is 6.03. The monoisotopic (exact) mass is 243 g/mol. The van der Waals surface area contributed by atoms with Crippen LogP contribution in [-0.2, 0) is 6.54 Å². The molecule has 1 aromatic heterocycles. The van der Waals surface area contributed by atoms with Crippen LogP contribution in [0, 0.1) is 0 Å². The molecule has 84 valence electrons. The number of fused-ring (bicyclic) bond motifs is 1. The minimum atomic E-state index is -0.864. The summed E-state index contributed by atoms with van der Waals surface area (Å²) in [6, 6.07) is 11.6. The molecule has 1 aliphatic heterocycles. The third-order valence-electron chi connectivity index (χ3n) is 2.69. The standard InChI is InChI=1S/C13H9NO2S/c15-13(16)10-6-9-7-14-11(12(9)17-10)8-4-2-1-3-5-8/h1-6H,7H2,(H,15,16). The van der Waals surface area contributed by atoms with Gasteiger partial charge in [0.05, 0.1) is 17.1 Å². The van der Waals surface area contributed by atoms with E-state index in [2.05, 4.69) is 4.99 Å². The molecule has 0 amide bonds. The number of hydrogen-bond donors (Lipinski definition) is 1. The zero-order valence-corrected chi connectivity index (χ0v) is 9.70. The fourth-order valence-electron chi connectivity index (χ4n) is 1.91. The average Bonchev–Trinajstić information content (AvgIpc) is 2.89. The van der Waals surface area contributed by atoms with E-state index < -0.39 is 5.97 Å². The molecule has 0 unspecified atom stereocenters. The Morgan fingerprint density at radius 2 is 2.06 bits per heavy atom. The molecule has 3 rings (SSSR count). The first-order chi connectivity index (χ1) is 8.25. The summed E-state index contributed by atoms with van der Waals surface area (Å²) in [6.45, 7) is 0.587. The Bertz CT molecular complexity index is 614. The van der Waals surface area contributed by atoms with E-state index in [-0.39, 0.29) is 0 Å². The van der Waals surface area contributed by atoms with E-state index in [1.807, 2.05) is 30.3 Å². The lowest BCUT2D eigenvalue weighted by Crippen LogP contribution is -1.97. The quantitative estimate of drug-likeness (QED) is 0.881. The number of carbonyl (C=O) groups is 1. The van der Waals surface area contributed by atoms with Gasteiger partial charge in [-0.05, 0) is 11.6 Å². The van der Waals surface area contributed by atoms with Crippen LogP contribution in [0.3, 0.4) is 0 Å². The van der Waals surface area contributed by atoms with Gasteiger partial charge in [-0.15, -0.1) is 11.3 Å². The summed E-state index contributed by atoms with van der Waals surface area (Å²) in [5.41, 5.74) is 2.98. The molecule has 17 heavy (non-hydrogen) atoms. The van der Waals surface area contributed by atoms with Crippen LogP contribution >= 0.6 is 11.3 Å². The second-order valence-corrected chi connectivity index (χ2v) is 4.85. The number of carboxylic acid groups (broad SMARTS) is 1. The predicted octanol–water partition coefficient (Wildman–Crippen LogP) is 2.80. The molecule has 2 aromatic rings. The van der Waals surface area contributed by atoms with Gasteiger partial charge in [-0.25, -0.2) is 4.79 Å². The van der Waals surface area contributed by atoms with Crippen molar-refractivity contribution in [3.63, 3.8) is 0 Å². The molecule has 0 aliphatic carbocycles. The summed E-state index contributed by atoms with van der Waals surface area (Å²) in [4.78, 5) is 16.8. The first-order valence-electron chi connectivity index (χ1n) is 5.22. The lowest BCUT2D eigenvalue weighted by atomic mass is 10.1. The zero-order valence-electron chi connectivity index (χ0n) is 8.88. The van der Waals surface area contributed by atoms with Crippen LogP contribution in [0.4, 0.5) is 0 Å². The van der Waals surface area contributed by atoms with Crippen LogP contribution in [0.2, 0.25) is 0 Å². The maximum absolute atomic E-state index is 10.9. The summed E-state index contributed by atoms with van der Waals surface area (Å²) >= 11 is 1.30. The number of carboxylic acids is 1. The normalized spacial score (nSPS) is 13.3. The molecule has 1 N–H and O–H groups in total. The Balaban J connectivity index is 2.06. The lowest BCUT2D eigenvalue weighted by molar-refractivity contribution is 0.0702. The third-order valence-corrected chi connectivity index (χ3v) is 3.86. The van der Waals surface area contributed by atoms with Gasteiger partial charge in [0.2, 0.25) is 0 Å². The number of benzene rings is 1. The SMILES string of the molecule is O=C(O)c1cc2c(s1)C(c1ccccc1)=NC2. The van der Waals surface area contributed by atoms with Crippen molar-refractivity contribution >= 4 is 23.0 Å². The van der Waals surface area contributed by atoms with Crippen molar-refractivity contribution in [2.24, 2.45) is 4.99 Å². The van der Waals surface area contributed by atoms with Crippen molar-refractivity contribution in [1.29, 1.82) is 0 Å². The number of hydrogen-bond acceptors (Lipinski definition) is 3. The summed E-state index contributed by atoms with van der Waals surface area (Å²) < 4.78 is 0. The Morgan fingerprint density at radius 3 is 2.76 bits per heavy atom. The summed E-state index contributed by atoms with van der Waals surface area (Å²) in [7, 11) is 0. The van der Waals surface area contributed by atoms with Gasteiger partial charge in [0, 0.05) is 5.56 Å². The topological polar surface area (TPSA) is 49.7 Å². The van der Waals surface area contributed by atoms with Crippen LogP contribution in [-0.4, -0.2) is 16.8 Å². The van der Waals surface area contributed by atoms with Crippen molar-refractivity contribution in [3.8, 4) is 0 Å². The Hall–Kier alpha value is -1.94. The summed E-state index contributed by atoms with van der Waals surface area (Å²) in [5, 5.41) is 8.97. The number of nitrogens with zero attached hydrogens (tertiary/aromatic N) is 1. The molecule has 4 heteroatoms. The number of thiophene rings is 1. The van der Waals surface area contributed by atoms with Crippen LogP contribution in [0.25, 0.3) is 0 Å². The van der Waals surface area contributed by atoms with Crippen molar-refractivity contribution in [3.05, 3.63) is 57.3 Å².